The van der Waals surface area contributed by atoms with E-state index in [2.05, 4.69) is 0 Å². The van der Waals surface area contributed by atoms with Gasteiger partial charge in [0.25, 0.3) is 0 Å². The predicted octanol–water partition coefficient (Wildman–Crippen LogP) is 1.87. The van der Waals surface area contributed by atoms with Crippen molar-refractivity contribution in [2.24, 2.45) is 11.8 Å². The smallest absolute Gasteiger partial charge is 0.353 e. The van der Waals surface area contributed by atoms with Crippen LogP contribution in [0.2, 0.25) is 0 Å². The Morgan fingerprint density at radius 3 is 2.44 bits per heavy atom. The zero-order valence-electron chi connectivity index (χ0n) is 9.08. The van der Waals surface area contributed by atoms with Crippen LogP contribution in [-0.2, 0) is 9.36 Å². The molecule has 0 amide bonds. The average molecular weight is 266 g/mol. The fourth-order valence-electron chi connectivity index (χ4n) is 1.59. The third-order valence-corrected chi connectivity index (χ3v) is 5.27. The van der Waals surface area contributed by atoms with Crippen molar-refractivity contribution in [3.05, 3.63) is 10.2 Å². The van der Waals surface area contributed by atoms with E-state index in [-0.39, 0.29) is 17.7 Å². The predicted molar refractivity (Wildman–Crippen MR) is 62.1 cm³/mol. The Labute approximate surface area is 98.1 Å². The van der Waals surface area contributed by atoms with Crippen LogP contribution in [0.25, 0.3) is 0 Å². The van der Waals surface area contributed by atoms with Gasteiger partial charge in [-0.1, -0.05) is 13.8 Å². The van der Waals surface area contributed by atoms with Crippen LogP contribution in [-0.4, -0.2) is 26.6 Å². The average Bonchev–Trinajstić information content (AvgIpc) is 2.15. The summed E-state index contributed by atoms with van der Waals surface area (Å²) in [5.74, 6) is -1.30. The number of carboxylic acid groups (broad SMARTS) is 1. The largest absolute Gasteiger partial charge is 0.481 e. The summed E-state index contributed by atoms with van der Waals surface area (Å²) in [5.41, 5.74) is 0. The van der Waals surface area contributed by atoms with Crippen molar-refractivity contribution in [2.45, 2.75) is 20.3 Å². The van der Waals surface area contributed by atoms with Gasteiger partial charge < -0.3 is 14.9 Å². The van der Waals surface area contributed by atoms with E-state index >= 15 is 0 Å². The topological polar surface area (TPSA) is 94.8 Å². The minimum Gasteiger partial charge on any atom is -0.481 e. The number of thioether (sulfide) groups is 1. The molecule has 0 fully saturated rings. The molecule has 16 heavy (non-hydrogen) atoms. The summed E-state index contributed by atoms with van der Waals surface area (Å²) in [4.78, 5) is 29.9. The first-order valence-electron chi connectivity index (χ1n) is 4.88. The molecule has 7 heteroatoms. The van der Waals surface area contributed by atoms with Crippen LogP contribution in [0.4, 0.5) is 0 Å². The molecule has 1 aliphatic rings. The maximum atomic E-state index is 11.3. The highest BCUT2D eigenvalue weighted by Gasteiger charge is 2.35. The highest BCUT2D eigenvalue weighted by molar-refractivity contribution is 8.03. The van der Waals surface area contributed by atoms with Crippen LogP contribution in [0.5, 0.6) is 0 Å². The lowest BCUT2D eigenvalue weighted by Gasteiger charge is -2.26. The van der Waals surface area contributed by atoms with Crippen molar-refractivity contribution in [3.8, 4) is 0 Å². The molecule has 0 saturated carbocycles. The van der Waals surface area contributed by atoms with Crippen molar-refractivity contribution in [1.29, 1.82) is 0 Å². The lowest BCUT2D eigenvalue weighted by Crippen LogP contribution is -2.21. The van der Waals surface area contributed by atoms with Gasteiger partial charge in [0.05, 0.1) is 11.2 Å². The molecule has 1 rings (SSSR count). The van der Waals surface area contributed by atoms with Gasteiger partial charge in [0.1, 0.15) is 0 Å². The molecule has 3 N–H and O–H groups in total. The fraction of sp³-hybridized carbons (Fsp3) is 0.667. The number of aliphatic carboxylic acids is 1. The molecule has 0 aromatic heterocycles. The first-order chi connectivity index (χ1) is 7.23. The molecule has 1 aliphatic heterocycles. The van der Waals surface area contributed by atoms with E-state index in [9.17, 15) is 19.1 Å². The van der Waals surface area contributed by atoms with Crippen LogP contribution in [0.3, 0.4) is 0 Å². The van der Waals surface area contributed by atoms with E-state index in [0.717, 1.165) is 0 Å². The molecule has 0 saturated heterocycles. The van der Waals surface area contributed by atoms with E-state index in [1.807, 2.05) is 13.8 Å². The third-order valence-electron chi connectivity index (χ3n) is 2.39. The molecular weight excluding hydrogens is 251 g/mol. The van der Waals surface area contributed by atoms with E-state index < -0.39 is 19.5 Å². The first kappa shape index (κ1) is 13.8. The molecule has 0 aliphatic carbocycles. The van der Waals surface area contributed by atoms with Gasteiger partial charge in [-0.05, 0) is 17.2 Å². The SMILES string of the molecule is CC(C)C1=C(P(=O)(O)O)C[C@H](C(=O)O)CS1. The summed E-state index contributed by atoms with van der Waals surface area (Å²) in [7, 11) is -4.33. The van der Waals surface area contributed by atoms with Crippen molar-refractivity contribution in [1.82, 2.24) is 0 Å². The second-order valence-corrected chi connectivity index (χ2v) is 6.75. The van der Waals surface area contributed by atoms with E-state index in [0.29, 0.717) is 10.7 Å². The minimum absolute atomic E-state index is 0.00569. The molecule has 0 aromatic carbocycles. The number of hydrogen-bond donors (Lipinski definition) is 3. The highest BCUT2D eigenvalue weighted by atomic mass is 32.2. The summed E-state index contributed by atoms with van der Waals surface area (Å²) in [5, 5.41) is 8.86. The third kappa shape index (κ3) is 3.10. The number of hydrogen-bond acceptors (Lipinski definition) is 3. The summed E-state index contributed by atoms with van der Waals surface area (Å²) in [6.07, 6.45) is -0.0415. The lowest BCUT2D eigenvalue weighted by molar-refractivity contribution is -0.140. The van der Waals surface area contributed by atoms with Gasteiger partial charge in [0.15, 0.2) is 0 Å². The number of carbonyl (C=O) groups is 1. The van der Waals surface area contributed by atoms with Gasteiger partial charge in [-0.15, -0.1) is 11.8 Å². The zero-order valence-corrected chi connectivity index (χ0v) is 10.8. The van der Waals surface area contributed by atoms with Crippen LogP contribution < -0.4 is 0 Å². The Morgan fingerprint density at radius 2 is 2.06 bits per heavy atom. The van der Waals surface area contributed by atoms with Crippen LogP contribution in [0.1, 0.15) is 20.3 Å². The molecule has 1 heterocycles. The molecule has 0 aromatic rings. The number of allylic oxidation sites excluding steroid dienone is 2. The van der Waals surface area contributed by atoms with Crippen LogP contribution in [0.15, 0.2) is 10.2 Å². The molecule has 5 nitrogen and oxygen atoms in total. The van der Waals surface area contributed by atoms with Gasteiger partial charge in [0, 0.05) is 5.75 Å². The standard InChI is InChI=1S/C9H15O5PS/c1-5(2)8-7(15(12,13)14)3-6(4-16-8)9(10)11/h5-6H,3-4H2,1-2H3,(H,10,11)(H2,12,13,14)/t6-/m0/s1. The monoisotopic (exact) mass is 266 g/mol. The summed E-state index contributed by atoms with van der Waals surface area (Å²) in [6, 6.07) is 0. The molecule has 0 spiro atoms. The molecule has 0 unspecified atom stereocenters. The number of carboxylic acids is 1. The maximum Gasteiger partial charge on any atom is 0.353 e. The lowest BCUT2D eigenvalue weighted by atomic mass is 10.1. The van der Waals surface area contributed by atoms with Gasteiger partial charge in [0.2, 0.25) is 0 Å². The molecule has 0 radical (unpaired) electrons. The Kier molecular flexibility index (Phi) is 4.23. The van der Waals surface area contributed by atoms with Crippen LogP contribution in [0, 0.1) is 11.8 Å². The maximum absolute atomic E-state index is 11.3. The molecule has 1 atom stereocenters. The Hall–Kier alpha value is -0.290. The number of rotatable bonds is 3. The first-order valence-corrected chi connectivity index (χ1v) is 7.48. The summed E-state index contributed by atoms with van der Waals surface area (Å²) in [6.45, 7) is 3.69. The second-order valence-electron chi connectivity index (χ2n) is 4.06. The van der Waals surface area contributed by atoms with Gasteiger partial charge in [-0.2, -0.15) is 0 Å². The Bertz CT molecular complexity index is 370. The minimum atomic E-state index is -4.33. The van der Waals surface area contributed by atoms with Crippen molar-refractivity contribution in [2.75, 3.05) is 5.75 Å². The van der Waals surface area contributed by atoms with E-state index in [4.69, 9.17) is 5.11 Å². The Balaban J connectivity index is 3.09. The fourth-order valence-corrected chi connectivity index (χ4v) is 4.37. The molecule has 92 valence electrons. The molecule has 0 bridgehead atoms. The van der Waals surface area contributed by atoms with E-state index in [1.54, 1.807) is 0 Å². The highest BCUT2D eigenvalue weighted by Crippen LogP contribution is 2.55. The Morgan fingerprint density at radius 1 is 1.50 bits per heavy atom. The van der Waals surface area contributed by atoms with Crippen molar-refractivity contribution < 1.29 is 24.3 Å². The molecular formula is C9H15O5PS. The van der Waals surface area contributed by atoms with Gasteiger partial charge in [-0.25, -0.2) is 0 Å². The zero-order chi connectivity index (χ0) is 12.5. The van der Waals surface area contributed by atoms with E-state index in [1.165, 1.54) is 11.8 Å². The summed E-state index contributed by atoms with van der Waals surface area (Å²) >= 11 is 1.25. The van der Waals surface area contributed by atoms with Crippen molar-refractivity contribution >= 4 is 25.3 Å². The van der Waals surface area contributed by atoms with Crippen LogP contribution >= 0.6 is 19.4 Å². The normalized spacial score (nSPS) is 22.7. The second kappa shape index (κ2) is 4.92. The van der Waals surface area contributed by atoms with Gasteiger partial charge >= 0.3 is 13.6 Å². The van der Waals surface area contributed by atoms with Gasteiger partial charge in [-0.3, -0.25) is 9.36 Å². The summed E-state index contributed by atoms with van der Waals surface area (Å²) < 4.78 is 11.3. The quantitative estimate of drug-likeness (QED) is 0.675. The van der Waals surface area contributed by atoms with Crippen molar-refractivity contribution in [3.63, 3.8) is 0 Å².